The van der Waals surface area contributed by atoms with E-state index in [1.54, 1.807) is 41.0 Å². The molecule has 3 aromatic rings. The Labute approximate surface area is 150 Å². The number of benzene rings is 2. The lowest BCUT2D eigenvalue weighted by atomic mass is 10.2. The molecule has 1 aromatic heterocycles. The molecule has 0 atom stereocenters. The molecule has 2 aromatic carbocycles. The van der Waals surface area contributed by atoms with Crippen molar-refractivity contribution >= 4 is 29.2 Å². The number of nitrogens with two attached hydrogens (primary N) is 1. The molecular weight excluding hydrogens is 338 g/mol. The van der Waals surface area contributed by atoms with E-state index in [-0.39, 0.29) is 5.91 Å². The van der Waals surface area contributed by atoms with Gasteiger partial charge < -0.3 is 15.6 Å². The quantitative estimate of drug-likeness (QED) is 0.736. The molecular formula is C19H16ClN3O2. The van der Waals surface area contributed by atoms with Crippen LogP contribution in [0.2, 0.25) is 5.02 Å². The van der Waals surface area contributed by atoms with Crippen molar-refractivity contribution in [1.29, 1.82) is 0 Å². The van der Waals surface area contributed by atoms with E-state index >= 15 is 0 Å². The minimum Gasteiger partial charge on any atom is -0.364 e. The summed E-state index contributed by atoms with van der Waals surface area (Å²) in [5, 5.41) is 3.15. The van der Waals surface area contributed by atoms with Crippen molar-refractivity contribution < 1.29 is 9.59 Å². The first-order valence-electron chi connectivity index (χ1n) is 7.65. The first-order chi connectivity index (χ1) is 12.1. The molecule has 0 unspecified atom stereocenters. The van der Waals surface area contributed by atoms with Gasteiger partial charge in [0.05, 0.1) is 10.6 Å². The van der Waals surface area contributed by atoms with Crippen LogP contribution in [0.4, 0.5) is 5.82 Å². The number of rotatable bonds is 5. The highest BCUT2D eigenvalue weighted by Gasteiger charge is 2.16. The summed E-state index contributed by atoms with van der Waals surface area (Å²) < 4.78 is 1.67. The molecule has 0 aliphatic rings. The summed E-state index contributed by atoms with van der Waals surface area (Å²) in [4.78, 5) is 24.2. The lowest BCUT2D eigenvalue weighted by molar-refractivity contribution is 0.0987. The van der Waals surface area contributed by atoms with Gasteiger partial charge in [-0.2, -0.15) is 0 Å². The van der Waals surface area contributed by atoms with Crippen LogP contribution < -0.4 is 11.1 Å². The summed E-state index contributed by atoms with van der Waals surface area (Å²) in [6.45, 7) is 0.407. The van der Waals surface area contributed by atoms with Crippen molar-refractivity contribution in [3.63, 3.8) is 0 Å². The van der Waals surface area contributed by atoms with E-state index < -0.39 is 5.91 Å². The van der Waals surface area contributed by atoms with Gasteiger partial charge in [0.15, 0.2) is 0 Å². The van der Waals surface area contributed by atoms with Gasteiger partial charge in [-0.3, -0.25) is 9.59 Å². The summed E-state index contributed by atoms with van der Waals surface area (Å²) >= 11 is 6.07. The highest BCUT2D eigenvalue weighted by Crippen LogP contribution is 2.20. The Bertz CT molecular complexity index is 919. The molecule has 2 amide bonds. The highest BCUT2D eigenvalue weighted by molar-refractivity contribution is 6.34. The average Bonchev–Trinajstić information content (AvgIpc) is 2.99. The zero-order chi connectivity index (χ0) is 17.8. The number of carbonyl (C=O) groups is 2. The molecule has 3 N–H and O–H groups in total. The van der Waals surface area contributed by atoms with Crippen molar-refractivity contribution in [3.05, 3.63) is 88.6 Å². The van der Waals surface area contributed by atoms with Crippen LogP contribution in [0.1, 0.15) is 26.4 Å². The molecule has 0 saturated carbocycles. The van der Waals surface area contributed by atoms with Gasteiger partial charge >= 0.3 is 0 Å². The predicted molar refractivity (Wildman–Crippen MR) is 97.9 cm³/mol. The molecule has 0 fully saturated rings. The molecule has 0 saturated heterocycles. The smallest absolute Gasteiger partial charge is 0.265 e. The van der Waals surface area contributed by atoms with E-state index in [0.29, 0.717) is 28.6 Å². The minimum absolute atomic E-state index is 0.318. The summed E-state index contributed by atoms with van der Waals surface area (Å²) in [5.74, 6) is -0.439. The zero-order valence-electron chi connectivity index (χ0n) is 13.3. The van der Waals surface area contributed by atoms with Crippen LogP contribution in [0, 0.1) is 0 Å². The maximum absolute atomic E-state index is 12.5. The summed E-state index contributed by atoms with van der Waals surface area (Å²) in [6.07, 6.45) is 0. The van der Waals surface area contributed by atoms with Crippen LogP contribution in [0.3, 0.4) is 0 Å². The van der Waals surface area contributed by atoms with E-state index in [9.17, 15) is 9.59 Å². The number of aromatic nitrogens is 1. The number of nitrogens with one attached hydrogen (secondary N) is 1. The molecule has 5 nitrogen and oxygen atoms in total. The fourth-order valence-corrected chi connectivity index (χ4v) is 2.78. The normalized spacial score (nSPS) is 10.4. The number of anilines is 1. The van der Waals surface area contributed by atoms with Gasteiger partial charge in [0.25, 0.3) is 11.8 Å². The van der Waals surface area contributed by atoms with Gasteiger partial charge in [0.1, 0.15) is 11.5 Å². The Balaban J connectivity index is 1.92. The van der Waals surface area contributed by atoms with E-state index in [4.69, 9.17) is 17.3 Å². The second-order valence-electron chi connectivity index (χ2n) is 5.47. The van der Waals surface area contributed by atoms with Crippen LogP contribution in [-0.4, -0.2) is 16.4 Å². The molecule has 0 aliphatic carbocycles. The first-order valence-corrected chi connectivity index (χ1v) is 8.03. The molecule has 0 aliphatic heterocycles. The van der Waals surface area contributed by atoms with Crippen LogP contribution in [0.15, 0.2) is 66.7 Å². The molecule has 126 valence electrons. The second-order valence-corrected chi connectivity index (χ2v) is 5.88. The summed E-state index contributed by atoms with van der Waals surface area (Å²) in [7, 11) is 0. The maximum Gasteiger partial charge on any atom is 0.265 e. The molecule has 25 heavy (non-hydrogen) atoms. The van der Waals surface area contributed by atoms with E-state index in [2.05, 4.69) is 5.32 Å². The van der Waals surface area contributed by atoms with E-state index in [1.165, 1.54) is 0 Å². The lowest BCUT2D eigenvalue weighted by Crippen LogP contribution is -2.21. The average molecular weight is 354 g/mol. The SMILES string of the molecule is NC(=O)c1ccc(NC(=O)c2ccccc2Cl)n1Cc1ccccc1. The Morgan fingerprint density at radius 3 is 2.32 bits per heavy atom. The minimum atomic E-state index is -0.561. The summed E-state index contributed by atoms with van der Waals surface area (Å²) in [6, 6.07) is 19.6. The number of amides is 2. The van der Waals surface area contributed by atoms with Crippen LogP contribution in [-0.2, 0) is 6.54 Å². The molecule has 3 rings (SSSR count). The summed E-state index contributed by atoms with van der Waals surface area (Å²) in [5.41, 5.74) is 7.11. The largest absolute Gasteiger partial charge is 0.364 e. The van der Waals surface area contributed by atoms with Crippen molar-refractivity contribution in [1.82, 2.24) is 4.57 Å². The monoisotopic (exact) mass is 353 g/mol. The zero-order valence-corrected chi connectivity index (χ0v) is 14.0. The van der Waals surface area contributed by atoms with Gasteiger partial charge in [0.2, 0.25) is 0 Å². The topological polar surface area (TPSA) is 77.1 Å². The number of hydrogen-bond donors (Lipinski definition) is 2. The number of halogens is 1. The van der Waals surface area contributed by atoms with Crippen LogP contribution in [0.25, 0.3) is 0 Å². The third-order valence-electron chi connectivity index (χ3n) is 3.78. The van der Waals surface area contributed by atoms with E-state index in [0.717, 1.165) is 5.56 Å². The molecule has 0 bridgehead atoms. The van der Waals surface area contributed by atoms with Crippen molar-refractivity contribution in [3.8, 4) is 0 Å². The number of hydrogen-bond acceptors (Lipinski definition) is 2. The number of primary amides is 1. The fourth-order valence-electron chi connectivity index (χ4n) is 2.56. The van der Waals surface area contributed by atoms with Crippen LogP contribution >= 0.6 is 11.6 Å². The third-order valence-corrected chi connectivity index (χ3v) is 4.11. The Hall–Kier alpha value is -3.05. The van der Waals surface area contributed by atoms with Crippen LogP contribution in [0.5, 0.6) is 0 Å². The number of nitrogens with zero attached hydrogens (tertiary/aromatic N) is 1. The standard InChI is InChI=1S/C19H16ClN3O2/c20-15-9-5-4-8-14(15)19(25)22-17-11-10-16(18(21)24)23(17)12-13-6-2-1-3-7-13/h1-11H,12H2,(H2,21,24)(H,22,25). The molecule has 0 spiro atoms. The second kappa shape index (κ2) is 7.23. The van der Waals surface area contributed by atoms with Gasteiger partial charge in [-0.15, -0.1) is 0 Å². The first kappa shape index (κ1) is 16.8. The Kier molecular flexibility index (Phi) is 4.86. The van der Waals surface area contributed by atoms with Gasteiger partial charge in [-0.05, 0) is 29.8 Å². The third kappa shape index (κ3) is 3.72. The van der Waals surface area contributed by atoms with Crippen molar-refractivity contribution in [2.24, 2.45) is 5.73 Å². The van der Waals surface area contributed by atoms with Gasteiger partial charge in [-0.1, -0.05) is 54.1 Å². The number of carbonyl (C=O) groups excluding carboxylic acids is 2. The van der Waals surface area contributed by atoms with E-state index in [1.807, 2.05) is 30.3 Å². The molecule has 6 heteroatoms. The van der Waals surface area contributed by atoms with Crippen molar-refractivity contribution in [2.45, 2.75) is 6.54 Å². The van der Waals surface area contributed by atoms with Gasteiger partial charge in [-0.25, -0.2) is 0 Å². The predicted octanol–water partition coefficient (Wildman–Crippen LogP) is 3.54. The Morgan fingerprint density at radius 2 is 1.64 bits per heavy atom. The lowest BCUT2D eigenvalue weighted by Gasteiger charge is -2.13. The molecule has 1 heterocycles. The highest BCUT2D eigenvalue weighted by atomic mass is 35.5. The fraction of sp³-hybridized carbons (Fsp3) is 0.0526. The Morgan fingerprint density at radius 1 is 0.960 bits per heavy atom. The molecule has 0 radical (unpaired) electrons. The van der Waals surface area contributed by atoms with Gasteiger partial charge in [0, 0.05) is 6.54 Å². The maximum atomic E-state index is 12.5. The van der Waals surface area contributed by atoms with Crippen molar-refractivity contribution in [2.75, 3.05) is 5.32 Å².